The summed E-state index contributed by atoms with van der Waals surface area (Å²) in [7, 11) is 5.16. The van der Waals surface area contributed by atoms with E-state index >= 15 is 0 Å². The van der Waals surface area contributed by atoms with E-state index in [1.807, 2.05) is 0 Å². The van der Waals surface area contributed by atoms with Crippen molar-refractivity contribution in [3.8, 4) is 0 Å². The van der Waals surface area contributed by atoms with E-state index in [-0.39, 0.29) is 6.10 Å². The minimum Gasteiger partial charge on any atom is -0.382 e. The predicted molar refractivity (Wildman–Crippen MR) is 62.7 cm³/mol. The lowest BCUT2D eigenvalue weighted by Crippen LogP contribution is -2.39. The maximum atomic E-state index is 5.29. The number of hydrogen-bond acceptors (Lipinski definition) is 5. The third kappa shape index (κ3) is 4.76. The predicted octanol–water partition coefficient (Wildman–Crippen LogP) is -0.386. The van der Waals surface area contributed by atoms with E-state index in [1.165, 1.54) is 0 Å². The molecule has 1 fully saturated rings. The number of nitrogens with one attached hydrogen (secondary N) is 2. The van der Waals surface area contributed by atoms with Crippen LogP contribution in [0.2, 0.25) is 0 Å². The van der Waals surface area contributed by atoms with Crippen molar-refractivity contribution in [1.82, 2.24) is 10.6 Å². The maximum absolute atomic E-state index is 5.29. The van der Waals surface area contributed by atoms with Crippen LogP contribution in [0, 0.1) is 0 Å². The molecule has 2 N–H and O–H groups in total. The first-order valence-corrected chi connectivity index (χ1v) is 5.78. The summed E-state index contributed by atoms with van der Waals surface area (Å²) >= 11 is 0. The molecule has 0 saturated carbocycles. The Labute approximate surface area is 97.8 Å². The Bertz CT molecular complexity index is 181. The zero-order chi connectivity index (χ0) is 11.8. The largest absolute Gasteiger partial charge is 0.382 e. The first kappa shape index (κ1) is 13.9. The summed E-state index contributed by atoms with van der Waals surface area (Å²) in [5.74, 6) is 0. The van der Waals surface area contributed by atoms with E-state index in [1.54, 1.807) is 21.3 Å². The van der Waals surface area contributed by atoms with Crippen molar-refractivity contribution in [1.29, 1.82) is 0 Å². The molecular weight excluding hydrogens is 208 g/mol. The summed E-state index contributed by atoms with van der Waals surface area (Å²) in [6, 6.07) is 0.505. The van der Waals surface area contributed by atoms with Crippen molar-refractivity contribution in [3.63, 3.8) is 0 Å². The third-order valence-corrected chi connectivity index (χ3v) is 2.96. The first-order chi connectivity index (χ1) is 7.80. The molecular formula is C11H24N2O3. The lowest BCUT2D eigenvalue weighted by atomic mass is 10.2. The van der Waals surface area contributed by atoms with Gasteiger partial charge in [-0.25, -0.2) is 0 Å². The second-order valence-corrected chi connectivity index (χ2v) is 4.17. The van der Waals surface area contributed by atoms with Gasteiger partial charge in [0, 0.05) is 47.0 Å². The van der Waals surface area contributed by atoms with Crippen LogP contribution >= 0.6 is 0 Å². The summed E-state index contributed by atoms with van der Waals surface area (Å²) < 4.78 is 15.6. The Morgan fingerprint density at radius 3 is 2.75 bits per heavy atom. The molecule has 0 aromatic rings. The molecule has 0 radical (unpaired) electrons. The van der Waals surface area contributed by atoms with Crippen LogP contribution in [0.5, 0.6) is 0 Å². The van der Waals surface area contributed by atoms with Crippen LogP contribution in [0.15, 0.2) is 0 Å². The molecule has 1 heterocycles. The van der Waals surface area contributed by atoms with Gasteiger partial charge in [-0.05, 0) is 6.42 Å². The lowest BCUT2D eigenvalue weighted by Gasteiger charge is -2.17. The number of methoxy groups -OCH3 is 3. The Balaban J connectivity index is 2.06. The van der Waals surface area contributed by atoms with Gasteiger partial charge in [-0.15, -0.1) is 0 Å². The molecule has 5 nitrogen and oxygen atoms in total. The van der Waals surface area contributed by atoms with Gasteiger partial charge in [0.15, 0.2) is 0 Å². The molecule has 0 aliphatic carbocycles. The Hall–Kier alpha value is -0.200. The summed E-state index contributed by atoms with van der Waals surface area (Å²) in [5, 5.41) is 6.81. The second kappa shape index (κ2) is 7.97. The van der Waals surface area contributed by atoms with E-state index in [4.69, 9.17) is 14.2 Å². The molecule has 0 bridgehead atoms. The molecule has 96 valence electrons. The highest BCUT2D eigenvalue weighted by atomic mass is 16.5. The lowest BCUT2D eigenvalue weighted by molar-refractivity contribution is 0.0287. The van der Waals surface area contributed by atoms with Crippen LogP contribution in [0.1, 0.15) is 6.42 Å². The molecule has 16 heavy (non-hydrogen) atoms. The average molecular weight is 232 g/mol. The molecule has 0 aromatic heterocycles. The third-order valence-electron chi connectivity index (χ3n) is 2.96. The minimum absolute atomic E-state index is 0.129. The van der Waals surface area contributed by atoms with E-state index in [9.17, 15) is 0 Å². The molecule has 1 rings (SSSR count). The first-order valence-electron chi connectivity index (χ1n) is 5.78. The van der Waals surface area contributed by atoms with Crippen molar-refractivity contribution in [2.24, 2.45) is 0 Å². The van der Waals surface area contributed by atoms with Gasteiger partial charge in [0.25, 0.3) is 0 Å². The summed E-state index contributed by atoms with van der Waals surface area (Å²) in [6.07, 6.45) is 1.57. The molecule has 0 aromatic carbocycles. The quantitative estimate of drug-likeness (QED) is 0.597. The number of hydrogen-bond donors (Lipinski definition) is 2. The monoisotopic (exact) mass is 232 g/mol. The van der Waals surface area contributed by atoms with Crippen LogP contribution in [-0.4, -0.2) is 65.8 Å². The average Bonchev–Trinajstić information content (AvgIpc) is 2.76. The maximum Gasteiger partial charge on any atom is 0.0928 e. The topological polar surface area (TPSA) is 51.8 Å². The van der Waals surface area contributed by atoms with Crippen molar-refractivity contribution >= 4 is 0 Å². The van der Waals surface area contributed by atoms with Crippen LogP contribution in [0.4, 0.5) is 0 Å². The fourth-order valence-electron chi connectivity index (χ4n) is 1.93. The molecule has 0 spiro atoms. The number of ether oxygens (including phenoxy) is 3. The normalized spacial score (nSPS) is 27.2. The molecule has 1 aliphatic heterocycles. The molecule has 5 heteroatoms. The van der Waals surface area contributed by atoms with Crippen molar-refractivity contribution < 1.29 is 14.2 Å². The van der Waals surface area contributed by atoms with Gasteiger partial charge in [-0.1, -0.05) is 0 Å². The molecule has 0 amide bonds. The van der Waals surface area contributed by atoms with E-state index in [2.05, 4.69) is 10.6 Å². The highest BCUT2D eigenvalue weighted by Gasteiger charge is 2.23. The van der Waals surface area contributed by atoms with E-state index in [0.717, 1.165) is 26.1 Å². The Morgan fingerprint density at radius 2 is 2.19 bits per heavy atom. The van der Waals surface area contributed by atoms with Gasteiger partial charge in [-0.3, -0.25) is 0 Å². The zero-order valence-corrected chi connectivity index (χ0v) is 10.5. The summed E-state index contributed by atoms with van der Waals surface area (Å²) in [4.78, 5) is 0. The fraction of sp³-hybridized carbons (Fsp3) is 1.00. The van der Waals surface area contributed by atoms with Gasteiger partial charge >= 0.3 is 0 Å². The number of rotatable bonds is 8. The van der Waals surface area contributed by atoms with Gasteiger partial charge < -0.3 is 24.8 Å². The van der Waals surface area contributed by atoms with Crippen molar-refractivity contribution in [2.45, 2.75) is 24.7 Å². The summed E-state index contributed by atoms with van der Waals surface area (Å²) in [6.45, 7) is 3.35. The van der Waals surface area contributed by atoms with Crippen LogP contribution < -0.4 is 10.6 Å². The van der Waals surface area contributed by atoms with Gasteiger partial charge in [-0.2, -0.15) is 0 Å². The molecule has 3 atom stereocenters. The van der Waals surface area contributed by atoms with Crippen molar-refractivity contribution in [2.75, 3.05) is 47.6 Å². The highest BCUT2D eigenvalue weighted by Crippen LogP contribution is 2.08. The fourth-order valence-corrected chi connectivity index (χ4v) is 1.93. The zero-order valence-electron chi connectivity index (χ0n) is 10.5. The van der Waals surface area contributed by atoms with Crippen molar-refractivity contribution in [3.05, 3.63) is 0 Å². The minimum atomic E-state index is 0.129. The van der Waals surface area contributed by atoms with Gasteiger partial charge in [0.05, 0.1) is 18.8 Å². The molecule has 1 saturated heterocycles. The Morgan fingerprint density at radius 1 is 1.38 bits per heavy atom. The second-order valence-electron chi connectivity index (χ2n) is 4.17. The smallest absolute Gasteiger partial charge is 0.0928 e. The van der Waals surface area contributed by atoms with E-state index in [0.29, 0.717) is 18.8 Å². The Kier molecular flexibility index (Phi) is 6.91. The van der Waals surface area contributed by atoms with Crippen LogP contribution in [0.25, 0.3) is 0 Å². The summed E-state index contributed by atoms with van der Waals surface area (Å²) in [5.41, 5.74) is 0. The molecule has 3 unspecified atom stereocenters. The molecule has 1 aliphatic rings. The van der Waals surface area contributed by atoms with Gasteiger partial charge in [0.2, 0.25) is 0 Å². The standard InChI is InChI=1S/C11H24N2O3/c1-14-8-11(16-3)6-12-5-9-4-10(15-2)7-13-9/h9-13H,4-8H2,1-3H3. The van der Waals surface area contributed by atoms with Crippen LogP contribution in [0.3, 0.4) is 0 Å². The van der Waals surface area contributed by atoms with Gasteiger partial charge in [0.1, 0.15) is 0 Å². The van der Waals surface area contributed by atoms with E-state index < -0.39 is 0 Å². The highest BCUT2D eigenvalue weighted by molar-refractivity contribution is 4.83. The van der Waals surface area contributed by atoms with Crippen LogP contribution in [-0.2, 0) is 14.2 Å². The SMILES string of the molecule is COCC(CNCC1CC(OC)CN1)OC.